The predicted octanol–water partition coefficient (Wildman–Crippen LogP) is -2.34. The van der Waals surface area contributed by atoms with E-state index >= 15 is 0 Å². The molecule has 1 atom stereocenters. The molecule has 6 nitrogen and oxygen atoms in total. The molecule has 0 amide bonds. The molecule has 0 aliphatic rings. The Morgan fingerprint density at radius 3 is 2.31 bits per heavy atom. The summed E-state index contributed by atoms with van der Waals surface area (Å²) in [7, 11) is -3.93. The molecule has 0 fully saturated rings. The molecule has 5 N–H and O–H groups in total. The van der Waals surface area contributed by atoms with Crippen molar-refractivity contribution in [3.63, 3.8) is 0 Å². The van der Waals surface area contributed by atoms with Gasteiger partial charge in [-0.1, -0.05) is 0 Å². The normalized spacial score (nSPS) is 14.5. The summed E-state index contributed by atoms with van der Waals surface area (Å²) in [4.78, 5) is 25.7. The fourth-order valence-electron chi connectivity index (χ4n) is 0.683. The van der Waals surface area contributed by atoms with Crippen molar-refractivity contribution in [3.05, 3.63) is 0 Å². The van der Waals surface area contributed by atoms with Crippen molar-refractivity contribution in [2.75, 3.05) is 19.8 Å². The third-order valence-corrected chi connectivity index (χ3v) is 2.35. The van der Waals surface area contributed by atoms with Gasteiger partial charge in [0, 0.05) is 12.7 Å². The third kappa shape index (κ3) is 9.89. The van der Waals surface area contributed by atoms with E-state index in [-0.39, 0.29) is 25.9 Å². The van der Waals surface area contributed by atoms with Gasteiger partial charge in [-0.05, 0) is 6.42 Å². The van der Waals surface area contributed by atoms with Crippen molar-refractivity contribution in [2.24, 2.45) is 0 Å². The summed E-state index contributed by atoms with van der Waals surface area (Å²) < 4.78 is 4.86. The second-order valence-electron chi connectivity index (χ2n) is 2.79. The molecule has 0 aromatic heterocycles. The second kappa shape index (κ2) is 6.43. The molecule has 0 aromatic carbocycles. The fraction of sp³-hybridized carbons (Fsp3) is 1.00. The molecule has 0 bridgehead atoms. The molecule has 7 heteroatoms. The van der Waals surface area contributed by atoms with Crippen LogP contribution in [0.4, 0.5) is 0 Å². The van der Waals surface area contributed by atoms with Crippen molar-refractivity contribution >= 4 is 8.80 Å². The van der Waals surface area contributed by atoms with Gasteiger partial charge in [-0.2, -0.15) is 0 Å². The first kappa shape index (κ1) is 13.0. The van der Waals surface area contributed by atoms with Crippen LogP contribution in [0.5, 0.6) is 0 Å². The van der Waals surface area contributed by atoms with E-state index in [1.807, 2.05) is 0 Å². The maximum absolute atomic E-state index is 8.80. The Hall–Kier alpha value is -0.0231. The Morgan fingerprint density at radius 1 is 1.23 bits per heavy atom. The van der Waals surface area contributed by atoms with Crippen LogP contribution in [0.15, 0.2) is 0 Å². The molecule has 0 radical (unpaired) electrons. The highest BCUT2D eigenvalue weighted by Crippen LogP contribution is 2.01. The van der Waals surface area contributed by atoms with Crippen LogP contribution >= 0.6 is 0 Å². The standard InChI is InChI=1S/C6H16O6Si/c7-4-6(8)5-12-2-1-3-13(9,10)11/h6-11H,1-5H2. The van der Waals surface area contributed by atoms with Crippen molar-refractivity contribution in [1.29, 1.82) is 0 Å². The summed E-state index contributed by atoms with van der Waals surface area (Å²) >= 11 is 0. The van der Waals surface area contributed by atoms with Crippen LogP contribution in [-0.4, -0.2) is 59.3 Å². The summed E-state index contributed by atoms with van der Waals surface area (Å²) in [6.45, 7) is -0.139. The topological polar surface area (TPSA) is 110 Å². The minimum atomic E-state index is -3.93. The van der Waals surface area contributed by atoms with Crippen LogP contribution in [-0.2, 0) is 4.74 Å². The Kier molecular flexibility index (Phi) is 6.42. The molecule has 0 saturated heterocycles. The summed E-state index contributed by atoms with van der Waals surface area (Å²) in [5.41, 5.74) is 0. The predicted molar refractivity (Wildman–Crippen MR) is 45.7 cm³/mol. The van der Waals surface area contributed by atoms with Crippen molar-refractivity contribution in [1.82, 2.24) is 0 Å². The van der Waals surface area contributed by atoms with Gasteiger partial charge in [0.15, 0.2) is 0 Å². The van der Waals surface area contributed by atoms with Gasteiger partial charge in [-0.3, -0.25) is 0 Å². The summed E-state index contributed by atoms with van der Waals surface area (Å²) in [5.74, 6) is 0. The lowest BCUT2D eigenvalue weighted by molar-refractivity contribution is 0.00589. The number of rotatable bonds is 7. The van der Waals surface area contributed by atoms with E-state index in [0.29, 0.717) is 6.42 Å². The zero-order valence-corrected chi connectivity index (χ0v) is 8.26. The lowest BCUT2D eigenvalue weighted by Crippen LogP contribution is -2.34. The van der Waals surface area contributed by atoms with E-state index < -0.39 is 14.9 Å². The zero-order chi connectivity index (χ0) is 10.3. The van der Waals surface area contributed by atoms with Gasteiger partial charge in [0.05, 0.1) is 13.2 Å². The fourth-order valence-corrected chi connectivity index (χ4v) is 1.30. The minimum Gasteiger partial charge on any atom is -0.394 e. The van der Waals surface area contributed by atoms with Crippen LogP contribution in [0.3, 0.4) is 0 Å². The highest BCUT2D eigenvalue weighted by Gasteiger charge is 2.25. The van der Waals surface area contributed by atoms with E-state index in [1.165, 1.54) is 0 Å². The Labute approximate surface area is 77.4 Å². The number of hydrogen-bond acceptors (Lipinski definition) is 6. The minimum absolute atomic E-state index is 0.00728. The maximum Gasteiger partial charge on any atom is 0.492 e. The van der Waals surface area contributed by atoms with E-state index in [0.717, 1.165) is 0 Å². The van der Waals surface area contributed by atoms with E-state index in [2.05, 4.69) is 0 Å². The molecule has 0 aromatic rings. The lowest BCUT2D eigenvalue weighted by Gasteiger charge is -2.10. The second-order valence-corrected chi connectivity index (χ2v) is 4.84. The van der Waals surface area contributed by atoms with E-state index in [9.17, 15) is 0 Å². The third-order valence-electron chi connectivity index (χ3n) is 1.32. The first-order valence-electron chi connectivity index (χ1n) is 3.99. The number of ether oxygens (including phenoxy) is 1. The van der Waals surface area contributed by atoms with Crippen molar-refractivity contribution in [3.8, 4) is 0 Å². The van der Waals surface area contributed by atoms with Gasteiger partial charge in [0.25, 0.3) is 0 Å². The first-order chi connectivity index (χ1) is 5.95. The molecule has 0 rings (SSSR count). The Balaban J connectivity index is 3.18. The maximum atomic E-state index is 8.80. The largest absolute Gasteiger partial charge is 0.492 e. The van der Waals surface area contributed by atoms with Gasteiger partial charge in [0.1, 0.15) is 6.10 Å². The summed E-state index contributed by atoms with van der Waals surface area (Å²) in [5, 5.41) is 17.2. The Morgan fingerprint density at radius 2 is 1.85 bits per heavy atom. The highest BCUT2D eigenvalue weighted by atomic mass is 28.4. The molecule has 13 heavy (non-hydrogen) atoms. The molecule has 0 aliphatic heterocycles. The number of aliphatic hydroxyl groups is 2. The van der Waals surface area contributed by atoms with Gasteiger partial charge < -0.3 is 29.3 Å². The molecule has 0 saturated carbocycles. The van der Waals surface area contributed by atoms with E-state index in [1.54, 1.807) is 0 Å². The van der Waals surface area contributed by atoms with E-state index in [4.69, 9.17) is 29.3 Å². The average molecular weight is 212 g/mol. The smallest absolute Gasteiger partial charge is 0.394 e. The Bertz CT molecular complexity index is 125. The zero-order valence-electron chi connectivity index (χ0n) is 7.26. The van der Waals surface area contributed by atoms with Crippen LogP contribution in [0.2, 0.25) is 6.04 Å². The summed E-state index contributed by atoms with van der Waals surface area (Å²) in [6.07, 6.45) is -0.590. The molecule has 0 heterocycles. The van der Waals surface area contributed by atoms with Gasteiger partial charge >= 0.3 is 8.80 Å². The van der Waals surface area contributed by atoms with Crippen LogP contribution in [0.1, 0.15) is 6.42 Å². The quantitative estimate of drug-likeness (QED) is 0.239. The lowest BCUT2D eigenvalue weighted by atomic mass is 10.4. The van der Waals surface area contributed by atoms with Crippen LogP contribution in [0.25, 0.3) is 0 Å². The SMILES string of the molecule is OCC(O)COCCC[Si](O)(O)O. The van der Waals surface area contributed by atoms with Gasteiger partial charge in [0.2, 0.25) is 0 Å². The van der Waals surface area contributed by atoms with Crippen LogP contribution < -0.4 is 0 Å². The number of aliphatic hydroxyl groups excluding tert-OH is 2. The molecule has 0 spiro atoms. The molecule has 1 unspecified atom stereocenters. The molecular formula is C6H16O6Si. The van der Waals surface area contributed by atoms with Crippen molar-refractivity contribution in [2.45, 2.75) is 18.6 Å². The van der Waals surface area contributed by atoms with Gasteiger partial charge in [-0.15, -0.1) is 0 Å². The average Bonchev–Trinajstić information content (AvgIpc) is 2.01. The van der Waals surface area contributed by atoms with Crippen LogP contribution in [0, 0.1) is 0 Å². The number of hydrogen-bond donors (Lipinski definition) is 5. The first-order valence-corrected chi connectivity index (χ1v) is 6.04. The van der Waals surface area contributed by atoms with Crippen molar-refractivity contribution < 1.29 is 29.3 Å². The summed E-state index contributed by atoms with van der Waals surface area (Å²) in [6, 6.07) is -0.0811. The molecular weight excluding hydrogens is 196 g/mol. The highest BCUT2D eigenvalue weighted by molar-refractivity contribution is 6.56. The van der Waals surface area contributed by atoms with Gasteiger partial charge in [-0.25, -0.2) is 0 Å². The molecule has 0 aliphatic carbocycles. The molecule has 80 valence electrons. The monoisotopic (exact) mass is 212 g/mol.